The molecule has 0 bridgehead atoms. The van der Waals surface area contributed by atoms with Crippen LogP contribution in [-0.2, 0) is 19.1 Å². The lowest BCUT2D eigenvalue weighted by atomic mass is 10.0. The predicted octanol–water partition coefficient (Wildman–Crippen LogP) is 8.59. The third kappa shape index (κ3) is 8.23. The predicted molar refractivity (Wildman–Crippen MR) is 251 cm³/mol. The highest BCUT2D eigenvalue weighted by molar-refractivity contribution is 7.11. The van der Waals surface area contributed by atoms with Crippen LogP contribution in [0, 0.1) is 17.7 Å². The second kappa shape index (κ2) is 18.0. The van der Waals surface area contributed by atoms with Crippen LogP contribution in [0.1, 0.15) is 112 Å². The van der Waals surface area contributed by atoms with Crippen molar-refractivity contribution in [3.63, 3.8) is 0 Å². The maximum Gasteiger partial charge on any atom is 0.407 e. The normalized spacial score (nSPS) is 19.8. The van der Waals surface area contributed by atoms with E-state index in [1.165, 1.54) is 20.3 Å². The number of ether oxygens (including phenoxy) is 3. The summed E-state index contributed by atoms with van der Waals surface area (Å²) in [4.78, 5) is 77.4. The molecular formula is C49H55FN10O7S. The molecule has 19 heteroatoms. The summed E-state index contributed by atoms with van der Waals surface area (Å²) in [6.07, 6.45) is 8.51. The zero-order chi connectivity index (χ0) is 47.5. The van der Waals surface area contributed by atoms with Gasteiger partial charge in [0.2, 0.25) is 18.0 Å². The van der Waals surface area contributed by atoms with Gasteiger partial charge in [-0.15, -0.1) is 11.3 Å². The summed E-state index contributed by atoms with van der Waals surface area (Å²) in [6.45, 7) is 8.56. The summed E-state index contributed by atoms with van der Waals surface area (Å²) in [6, 6.07) is 9.21. The number of aromatic nitrogens is 6. The Balaban J connectivity index is 0.963. The summed E-state index contributed by atoms with van der Waals surface area (Å²) in [5, 5.41) is 7.33. The fourth-order valence-electron chi connectivity index (χ4n) is 9.91. The highest BCUT2D eigenvalue weighted by Crippen LogP contribution is 2.50. The topological polar surface area (TPSA) is 202 Å². The van der Waals surface area contributed by atoms with Gasteiger partial charge in [-0.05, 0) is 80.7 Å². The average molecular weight is 947 g/mol. The van der Waals surface area contributed by atoms with Gasteiger partial charge in [-0.1, -0.05) is 33.8 Å². The lowest BCUT2D eigenvalue weighted by Crippen LogP contribution is -2.51. The highest BCUT2D eigenvalue weighted by Gasteiger charge is 2.40. The Labute approximate surface area is 396 Å². The molecule has 4 aromatic heterocycles. The molecule has 3 fully saturated rings. The number of halogens is 1. The number of rotatable bonds is 12. The Bertz CT molecular complexity index is 2920. The summed E-state index contributed by atoms with van der Waals surface area (Å²) in [7, 11) is 2.55. The van der Waals surface area contributed by atoms with Crippen LogP contribution >= 0.6 is 11.3 Å². The highest BCUT2D eigenvalue weighted by atomic mass is 32.1. The average Bonchev–Trinajstić information content (AvgIpc) is 4.05. The van der Waals surface area contributed by atoms with Crippen LogP contribution < -0.4 is 15.4 Å². The molecule has 2 aromatic carbocycles. The minimum absolute atomic E-state index is 0.153. The summed E-state index contributed by atoms with van der Waals surface area (Å²) in [5.74, 6) is 0.851. The number of H-pyrrole nitrogens is 2. The smallest absolute Gasteiger partial charge is 0.407 e. The molecule has 17 nitrogen and oxygen atoms in total. The first kappa shape index (κ1) is 45.0. The number of aromatic amines is 2. The van der Waals surface area contributed by atoms with Crippen molar-refractivity contribution in [2.45, 2.75) is 103 Å². The molecule has 68 heavy (non-hydrogen) atoms. The number of amides is 4. The van der Waals surface area contributed by atoms with E-state index >= 15 is 4.39 Å². The number of imidazole rings is 2. The molecule has 356 valence electrons. The van der Waals surface area contributed by atoms with Gasteiger partial charge in [-0.2, -0.15) is 0 Å². The molecular weight excluding hydrogens is 892 g/mol. The number of methoxy groups -OCH3 is 2. The second-order valence-corrected chi connectivity index (χ2v) is 19.9. The molecule has 3 aliphatic heterocycles. The van der Waals surface area contributed by atoms with E-state index in [-0.39, 0.29) is 35.7 Å². The first-order valence-corrected chi connectivity index (χ1v) is 24.1. The number of carbonyl (C=O) groups is 4. The van der Waals surface area contributed by atoms with E-state index in [0.717, 1.165) is 64.1 Å². The van der Waals surface area contributed by atoms with Crippen LogP contribution in [0.2, 0.25) is 0 Å². The van der Waals surface area contributed by atoms with E-state index in [0.29, 0.717) is 65.3 Å². The standard InChI is InChI=1S/C49H55FN10O7S/c1-24(2)40(56-48(63)65-5)45(61)58-15-7-9-34(58)42-51-21-31(54-42)27-13-14-33-29(17-27)19-36-39-30(50)18-28(20-37(39)67-47(60(33)36)38-23-53-44(68-38)26-11-12-26)32-22-52-43(55-32)35-10-8-16-59(35)46(62)41(25(3)4)57-49(64)66-6/h13-14,17-26,34-35,40-41,47H,7-12,15-16H2,1-6H3,(H,51,54)(H,52,55)(H,56,63)(H,57,64)/t34-,35-,40?,41-,47?/m0/s1. The molecule has 4 N–H and O–H groups in total. The van der Waals surface area contributed by atoms with Crippen molar-refractivity contribution in [3.8, 4) is 39.5 Å². The van der Waals surface area contributed by atoms with Crippen LogP contribution in [0.5, 0.6) is 5.75 Å². The monoisotopic (exact) mass is 946 g/mol. The largest absolute Gasteiger partial charge is 0.464 e. The SMILES string of the molecule is COC(=O)NC(C(=O)N1CCC[C@H]1c1ncc(-c2ccc3c(c2)cc2n3C(c3cnc(C4CC4)s3)Oc3cc(-c4cnc([C@@H]5CCCN5C(=O)[C@@H](NC(=O)OC)C(C)C)[nH]4)cc(F)c3-2)[nH]1)C(C)C. The molecule has 2 unspecified atom stereocenters. The Hall–Kier alpha value is -6.76. The van der Waals surface area contributed by atoms with E-state index < -0.39 is 36.3 Å². The molecule has 5 atom stereocenters. The number of hydrogen-bond donors (Lipinski definition) is 4. The molecule has 1 saturated carbocycles. The van der Waals surface area contributed by atoms with Crippen LogP contribution in [0.25, 0.3) is 44.7 Å². The zero-order valence-electron chi connectivity index (χ0n) is 38.8. The van der Waals surface area contributed by atoms with Gasteiger partial charge in [0, 0.05) is 41.7 Å². The molecule has 6 aromatic rings. The van der Waals surface area contributed by atoms with E-state index in [9.17, 15) is 19.2 Å². The molecule has 0 radical (unpaired) electrons. The molecule has 7 heterocycles. The quantitative estimate of drug-likeness (QED) is 0.0921. The maximum absolute atomic E-state index is 16.9. The lowest BCUT2D eigenvalue weighted by Gasteiger charge is -2.30. The number of alkyl carbamates (subject to hydrolysis) is 2. The summed E-state index contributed by atoms with van der Waals surface area (Å²) < 4.78 is 35.4. The lowest BCUT2D eigenvalue weighted by molar-refractivity contribution is -0.136. The molecule has 4 amide bonds. The molecule has 10 rings (SSSR count). The number of hydrogen-bond acceptors (Lipinski definition) is 11. The van der Waals surface area contributed by atoms with Crippen molar-refractivity contribution in [3.05, 3.63) is 82.3 Å². The molecule has 0 spiro atoms. The van der Waals surface area contributed by atoms with Crippen molar-refractivity contribution in [1.82, 2.24) is 49.9 Å². The van der Waals surface area contributed by atoms with Gasteiger partial charge in [0.1, 0.15) is 35.3 Å². The van der Waals surface area contributed by atoms with Gasteiger partial charge in [0.25, 0.3) is 0 Å². The molecule has 2 saturated heterocycles. The van der Waals surface area contributed by atoms with Gasteiger partial charge in [0.05, 0.1) is 76.7 Å². The number of likely N-dealkylation sites (tertiary alicyclic amines) is 2. The molecule has 1 aliphatic carbocycles. The number of thiazole rings is 1. The minimum Gasteiger partial charge on any atom is -0.464 e. The van der Waals surface area contributed by atoms with Crippen molar-refractivity contribution in [2.75, 3.05) is 27.3 Å². The van der Waals surface area contributed by atoms with E-state index in [2.05, 4.69) is 20.6 Å². The number of nitrogens with zero attached hydrogens (tertiary/aromatic N) is 6. The van der Waals surface area contributed by atoms with Gasteiger partial charge in [0.15, 0.2) is 0 Å². The van der Waals surface area contributed by atoms with E-state index in [4.69, 9.17) is 29.2 Å². The fraction of sp³-hybridized carbons (Fsp3) is 0.449. The fourth-order valence-corrected chi connectivity index (χ4v) is 11.0. The van der Waals surface area contributed by atoms with Crippen molar-refractivity contribution < 1.29 is 37.8 Å². The summed E-state index contributed by atoms with van der Waals surface area (Å²) in [5.41, 5.74) is 4.57. The number of fused-ring (bicyclic) bond motifs is 5. The second-order valence-electron chi connectivity index (χ2n) is 18.8. The number of nitrogens with one attached hydrogen (secondary N) is 4. The first-order valence-electron chi connectivity index (χ1n) is 23.3. The molecule has 4 aliphatic rings. The van der Waals surface area contributed by atoms with Crippen LogP contribution in [0.3, 0.4) is 0 Å². The van der Waals surface area contributed by atoms with Gasteiger partial charge >= 0.3 is 12.2 Å². The van der Waals surface area contributed by atoms with E-state index in [1.54, 1.807) is 33.5 Å². The van der Waals surface area contributed by atoms with Gasteiger partial charge in [-0.25, -0.2) is 28.9 Å². The third-order valence-electron chi connectivity index (χ3n) is 13.6. The number of benzene rings is 2. The third-order valence-corrected chi connectivity index (χ3v) is 14.8. The van der Waals surface area contributed by atoms with Crippen LogP contribution in [0.15, 0.2) is 55.0 Å². The Morgan fingerprint density at radius 1 is 0.765 bits per heavy atom. The van der Waals surface area contributed by atoms with E-state index in [1.807, 2.05) is 68.8 Å². The van der Waals surface area contributed by atoms with Gasteiger partial charge < -0.3 is 44.6 Å². The van der Waals surface area contributed by atoms with Crippen molar-refractivity contribution >= 4 is 46.2 Å². The Kier molecular flexibility index (Phi) is 12.0. The Morgan fingerprint density at radius 2 is 1.35 bits per heavy atom. The van der Waals surface area contributed by atoms with Crippen molar-refractivity contribution in [1.29, 1.82) is 0 Å². The zero-order valence-corrected chi connectivity index (χ0v) is 39.6. The maximum atomic E-state index is 16.9. The summed E-state index contributed by atoms with van der Waals surface area (Å²) >= 11 is 1.62. The first-order chi connectivity index (χ1) is 32.8. The van der Waals surface area contributed by atoms with Crippen LogP contribution in [-0.4, -0.2) is 103 Å². The van der Waals surface area contributed by atoms with Crippen molar-refractivity contribution in [2.24, 2.45) is 11.8 Å². The van der Waals surface area contributed by atoms with Crippen LogP contribution in [0.4, 0.5) is 14.0 Å². The van der Waals surface area contributed by atoms with Gasteiger partial charge in [-0.3, -0.25) is 14.2 Å². The Morgan fingerprint density at radius 3 is 1.91 bits per heavy atom. The minimum atomic E-state index is -0.772. The number of carbonyl (C=O) groups excluding carboxylic acids is 4.